The number of hydrogen-bond donors (Lipinski definition) is 1. The molecule has 0 heterocycles. The average Bonchev–Trinajstić information content (AvgIpc) is 2.53. The number of benzene rings is 2. The van der Waals surface area contributed by atoms with Gasteiger partial charge in [0.2, 0.25) is 5.91 Å². The summed E-state index contributed by atoms with van der Waals surface area (Å²) in [6.07, 6.45) is 1.07. The van der Waals surface area contributed by atoms with Crippen LogP contribution in [0.15, 0.2) is 48.5 Å². The third-order valence-corrected chi connectivity index (χ3v) is 3.86. The highest BCUT2D eigenvalue weighted by Gasteiger charge is 2.09. The van der Waals surface area contributed by atoms with Gasteiger partial charge in [-0.2, -0.15) is 0 Å². The van der Waals surface area contributed by atoms with Crippen molar-refractivity contribution in [2.75, 3.05) is 6.54 Å². The number of amides is 1. The topological polar surface area (TPSA) is 46.2 Å². The van der Waals surface area contributed by atoms with Gasteiger partial charge in [-0.3, -0.25) is 9.59 Å². The number of carbonyl (C=O) groups excluding carboxylic acids is 2. The van der Waals surface area contributed by atoms with E-state index in [1.807, 2.05) is 24.3 Å². The van der Waals surface area contributed by atoms with Crippen molar-refractivity contribution in [1.29, 1.82) is 0 Å². The summed E-state index contributed by atoms with van der Waals surface area (Å²) in [4.78, 5) is 23.7. The second kappa shape index (κ2) is 8.70. The molecule has 0 radical (unpaired) electrons. The zero-order valence-electron chi connectivity index (χ0n) is 12.5. The molecule has 1 amide bonds. The van der Waals surface area contributed by atoms with E-state index in [-0.39, 0.29) is 24.5 Å². The van der Waals surface area contributed by atoms with E-state index in [1.54, 1.807) is 24.3 Å². The molecule has 0 saturated heterocycles. The van der Waals surface area contributed by atoms with E-state index < -0.39 is 0 Å². The van der Waals surface area contributed by atoms with Gasteiger partial charge >= 0.3 is 0 Å². The van der Waals surface area contributed by atoms with Crippen LogP contribution in [0.25, 0.3) is 0 Å². The van der Waals surface area contributed by atoms with Crippen LogP contribution in [-0.4, -0.2) is 18.2 Å². The predicted octanol–water partition coefficient (Wildman–Crippen LogP) is 4.32. The fourth-order valence-electron chi connectivity index (χ4n) is 2.13. The van der Waals surface area contributed by atoms with E-state index in [1.165, 1.54) is 0 Å². The van der Waals surface area contributed by atoms with Gasteiger partial charge in [0.1, 0.15) is 0 Å². The Morgan fingerprint density at radius 1 is 0.913 bits per heavy atom. The van der Waals surface area contributed by atoms with Crippen LogP contribution in [0.4, 0.5) is 0 Å². The van der Waals surface area contributed by atoms with Crippen LogP contribution >= 0.6 is 23.2 Å². The predicted molar refractivity (Wildman–Crippen MR) is 93.2 cm³/mol. The van der Waals surface area contributed by atoms with E-state index in [0.717, 1.165) is 5.56 Å². The van der Waals surface area contributed by atoms with Gasteiger partial charge in [-0.25, -0.2) is 0 Å². The molecule has 0 bridgehead atoms. The molecule has 0 aromatic heterocycles. The van der Waals surface area contributed by atoms with Gasteiger partial charge < -0.3 is 5.32 Å². The van der Waals surface area contributed by atoms with Gasteiger partial charge in [0.05, 0.1) is 0 Å². The van der Waals surface area contributed by atoms with Crippen molar-refractivity contribution >= 4 is 34.9 Å². The van der Waals surface area contributed by atoms with Crippen LogP contribution in [-0.2, 0) is 11.2 Å². The van der Waals surface area contributed by atoms with Gasteiger partial charge in [-0.05, 0) is 48.4 Å². The Morgan fingerprint density at radius 2 is 1.65 bits per heavy atom. The molecule has 0 aliphatic rings. The number of hydrogen-bond acceptors (Lipinski definition) is 2. The van der Waals surface area contributed by atoms with Crippen molar-refractivity contribution in [2.45, 2.75) is 19.3 Å². The normalized spacial score (nSPS) is 10.3. The highest BCUT2D eigenvalue weighted by atomic mass is 35.5. The maximum absolute atomic E-state index is 12.0. The lowest BCUT2D eigenvalue weighted by Gasteiger charge is -2.06. The summed E-state index contributed by atoms with van der Waals surface area (Å²) in [5.41, 5.74) is 1.64. The number of halogens is 2. The Balaban J connectivity index is 1.70. The zero-order valence-corrected chi connectivity index (χ0v) is 14.0. The fraction of sp³-hybridized carbons (Fsp3) is 0.222. The lowest BCUT2D eigenvalue weighted by atomic mass is 10.1. The SMILES string of the molecule is O=C(CCC(=O)c1ccc(Cl)cc1)NCCc1cccc(Cl)c1. The van der Waals surface area contributed by atoms with Gasteiger partial charge in [0.25, 0.3) is 0 Å². The Bertz CT molecular complexity index is 684. The largest absolute Gasteiger partial charge is 0.356 e. The molecule has 0 fully saturated rings. The van der Waals surface area contributed by atoms with Crippen LogP contribution in [0.5, 0.6) is 0 Å². The summed E-state index contributed by atoms with van der Waals surface area (Å²) in [6, 6.07) is 14.2. The van der Waals surface area contributed by atoms with E-state index in [2.05, 4.69) is 5.32 Å². The Labute approximate surface area is 145 Å². The van der Waals surface area contributed by atoms with Gasteiger partial charge in [-0.1, -0.05) is 35.3 Å². The first-order valence-corrected chi connectivity index (χ1v) is 8.10. The van der Waals surface area contributed by atoms with Crippen molar-refractivity contribution in [3.05, 3.63) is 69.7 Å². The zero-order chi connectivity index (χ0) is 16.7. The molecule has 0 aliphatic carbocycles. The van der Waals surface area contributed by atoms with Crippen molar-refractivity contribution in [3.8, 4) is 0 Å². The summed E-state index contributed by atoms with van der Waals surface area (Å²) in [6.45, 7) is 0.522. The van der Waals surface area contributed by atoms with E-state index >= 15 is 0 Å². The van der Waals surface area contributed by atoms with Crippen molar-refractivity contribution < 1.29 is 9.59 Å². The molecule has 0 aliphatic heterocycles. The number of nitrogens with one attached hydrogen (secondary N) is 1. The first kappa shape index (κ1) is 17.5. The molecule has 3 nitrogen and oxygen atoms in total. The van der Waals surface area contributed by atoms with E-state index in [0.29, 0.717) is 28.6 Å². The minimum absolute atomic E-state index is 0.0633. The summed E-state index contributed by atoms with van der Waals surface area (Å²) < 4.78 is 0. The third kappa shape index (κ3) is 6.05. The lowest BCUT2D eigenvalue weighted by molar-refractivity contribution is -0.121. The molecule has 2 aromatic carbocycles. The first-order chi connectivity index (χ1) is 11.0. The summed E-state index contributed by atoms with van der Waals surface area (Å²) in [7, 11) is 0. The quantitative estimate of drug-likeness (QED) is 0.756. The second-order valence-electron chi connectivity index (χ2n) is 5.16. The standard InChI is InChI=1S/C18H17Cl2NO2/c19-15-6-4-14(5-7-15)17(22)8-9-18(23)21-11-10-13-2-1-3-16(20)12-13/h1-7,12H,8-11H2,(H,21,23). The van der Waals surface area contributed by atoms with Crippen molar-refractivity contribution in [1.82, 2.24) is 5.32 Å². The fourth-order valence-corrected chi connectivity index (χ4v) is 2.47. The average molecular weight is 350 g/mol. The van der Waals surface area contributed by atoms with Gasteiger partial charge in [0, 0.05) is 35.0 Å². The first-order valence-electron chi connectivity index (χ1n) is 7.34. The third-order valence-electron chi connectivity index (χ3n) is 3.37. The van der Waals surface area contributed by atoms with E-state index in [4.69, 9.17) is 23.2 Å². The molecule has 2 aromatic rings. The number of rotatable bonds is 7. The molecule has 1 N–H and O–H groups in total. The molecule has 2 rings (SSSR count). The summed E-state index contributed by atoms with van der Waals surface area (Å²) in [5.74, 6) is -0.194. The molecular weight excluding hydrogens is 333 g/mol. The summed E-state index contributed by atoms with van der Waals surface area (Å²) in [5, 5.41) is 4.08. The number of carbonyl (C=O) groups is 2. The molecule has 0 unspecified atom stereocenters. The molecule has 0 spiro atoms. The van der Waals surface area contributed by atoms with Crippen LogP contribution in [0.1, 0.15) is 28.8 Å². The minimum Gasteiger partial charge on any atom is -0.356 e. The molecule has 23 heavy (non-hydrogen) atoms. The van der Waals surface area contributed by atoms with Crippen LogP contribution in [0, 0.1) is 0 Å². The van der Waals surface area contributed by atoms with Gasteiger partial charge in [0.15, 0.2) is 5.78 Å². The molecule has 5 heteroatoms. The molecule has 0 atom stereocenters. The Hall–Kier alpha value is -1.84. The minimum atomic E-state index is -0.130. The molecule has 0 saturated carbocycles. The van der Waals surface area contributed by atoms with Gasteiger partial charge in [-0.15, -0.1) is 0 Å². The lowest BCUT2D eigenvalue weighted by Crippen LogP contribution is -2.26. The summed E-state index contributed by atoms with van der Waals surface area (Å²) >= 11 is 11.7. The smallest absolute Gasteiger partial charge is 0.220 e. The number of Topliss-reactive ketones (excluding diaryl/α,β-unsaturated/α-hetero) is 1. The van der Waals surface area contributed by atoms with Crippen molar-refractivity contribution in [3.63, 3.8) is 0 Å². The van der Waals surface area contributed by atoms with Crippen LogP contribution in [0.3, 0.4) is 0 Å². The molecule has 120 valence electrons. The maximum atomic E-state index is 12.0. The second-order valence-corrected chi connectivity index (χ2v) is 6.03. The van der Waals surface area contributed by atoms with Crippen LogP contribution in [0.2, 0.25) is 10.0 Å². The van der Waals surface area contributed by atoms with Crippen molar-refractivity contribution in [2.24, 2.45) is 0 Å². The Morgan fingerprint density at radius 3 is 2.35 bits per heavy atom. The van der Waals surface area contributed by atoms with E-state index in [9.17, 15) is 9.59 Å². The number of ketones is 1. The van der Waals surface area contributed by atoms with Crippen LogP contribution < -0.4 is 5.32 Å². The Kier molecular flexibility index (Phi) is 6.63. The molecular formula is C18H17Cl2NO2. The highest BCUT2D eigenvalue weighted by Crippen LogP contribution is 2.12. The highest BCUT2D eigenvalue weighted by molar-refractivity contribution is 6.30. The monoisotopic (exact) mass is 349 g/mol. The maximum Gasteiger partial charge on any atom is 0.220 e.